The summed E-state index contributed by atoms with van der Waals surface area (Å²) < 4.78 is 5.52. The van der Waals surface area contributed by atoms with Crippen LogP contribution in [0, 0.1) is 35.0 Å². The number of hydrogen-bond donors (Lipinski definition) is 1. The average Bonchev–Trinajstić information content (AvgIpc) is 3.13. The molecule has 2 heterocycles. The Balaban J connectivity index is 1.11. The summed E-state index contributed by atoms with van der Waals surface area (Å²) in [6.45, 7) is 3.19. The number of amides is 2. The zero-order valence-corrected chi connectivity index (χ0v) is 15.5. The molecule has 0 aromatic rings. The van der Waals surface area contributed by atoms with E-state index in [0.717, 1.165) is 64.3 Å². The van der Waals surface area contributed by atoms with Gasteiger partial charge in [-0.15, -0.1) is 0 Å². The van der Waals surface area contributed by atoms with Crippen molar-refractivity contribution in [2.24, 2.45) is 35.0 Å². The Hall–Kier alpha value is -1.10. The first-order valence-electron chi connectivity index (χ1n) is 10.8. The maximum absolute atomic E-state index is 13.3. The van der Waals surface area contributed by atoms with Gasteiger partial charge in [-0.3, -0.25) is 9.59 Å². The molecule has 5 aliphatic carbocycles. The molecule has 5 nitrogen and oxygen atoms in total. The molecule has 7 aliphatic rings. The predicted molar refractivity (Wildman–Crippen MR) is 95.1 cm³/mol. The van der Waals surface area contributed by atoms with Gasteiger partial charge in [0, 0.05) is 38.6 Å². The molecule has 5 heteroatoms. The molecule has 5 saturated carbocycles. The number of fused-ring (bicyclic) bond motifs is 1. The standard InChI is InChI=1S/C21H30N2O3/c24-18(8-13-2-1-5-26-11-13)22-20-4-3-15(20)10-23(12-20)19(25)21-9-14-6-16(21)17(21)7-14/h13-17H,1-12H2,(H,22,24)/t13?,14?,15-,16?,17?,20-,21?/m0/s1. The monoisotopic (exact) mass is 358 g/mol. The molecule has 0 aromatic heterocycles. The number of likely N-dealkylation sites (tertiary alicyclic amines) is 1. The van der Waals surface area contributed by atoms with Gasteiger partial charge in [-0.2, -0.15) is 0 Å². The third kappa shape index (κ3) is 2.01. The van der Waals surface area contributed by atoms with Gasteiger partial charge in [-0.25, -0.2) is 0 Å². The normalized spacial score (nSPS) is 50.3. The fourth-order valence-electron chi connectivity index (χ4n) is 7.57. The third-order valence-corrected chi connectivity index (χ3v) is 8.94. The van der Waals surface area contributed by atoms with Gasteiger partial charge in [-0.1, -0.05) is 0 Å². The minimum atomic E-state index is -0.120. The van der Waals surface area contributed by atoms with Gasteiger partial charge in [0.15, 0.2) is 0 Å². The van der Waals surface area contributed by atoms with E-state index in [4.69, 9.17) is 4.74 Å². The highest BCUT2D eigenvalue weighted by atomic mass is 16.5. The topological polar surface area (TPSA) is 58.6 Å². The van der Waals surface area contributed by atoms with Crippen molar-refractivity contribution in [3.63, 3.8) is 0 Å². The van der Waals surface area contributed by atoms with Crippen molar-refractivity contribution in [1.82, 2.24) is 10.2 Å². The summed E-state index contributed by atoms with van der Waals surface area (Å²) in [7, 11) is 0. The summed E-state index contributed by atoms with van der Waals surface area (Å²) in [5.74, 6) is 3.70. The fourth-order valence-corrected chi connectivity index (χ4v) is 7.57. The largest absolute Gasteiger partial charge is 0.381 e. The van der Waals surface area contributed by atoms with Crippen LogP contribution in [0.15, 0.2) is 0 Å². The molecule has 1 N–H and O–H groups in total. The number of carbonyl (C=O) groups is 2. The quantitative estimate of drug-likeness (QED) is 0.836. The van der Waals surface area contributed by atoms with E-state index in [1.165, 1.54) is 12.8 Å². The molecular weight excluding hydrogens is 328 g/mol. The molecule has 0 radical (unpaired) electrons. The van der Waals surface area contributed by atoms with Gasteiger partial charge in [0.2, 0.25) is 11.8 Å². The maximum Gasteiger partial charge on any atom is 0.229 e. The lowest BCUT2D eigenvalue weighted by molar-refractivity contribution is -0.137. The molecule has 4 bridgehead atoms. The van der Waals surface area contributed by atoms with Crippen LogP contribution in [-0.2, 0) is 14.3 Å². The molecule has 142 valence electrons. The number of nitrogens with zero attached hydrogens (tertiary/aromatic N) is 1. The van der Waals surface area contributed by atoms with Gasteiger partial charge in [0.1, 0.15) is 0 Å². The van der Waals surface area contributed by atoms with E-state index in [1.807, 2.05) is 0 Å². The van der Waals surface area contributed by atoms with Crippen LogP contribution in [0.2, 0.25) is 0 Å². The van der Waals surface area contributed by atoms with Gasteiger partial charge >= 0.3 is 0 Å². The molecule has 3 unspecified atom stereocenters. The van der Waals surface area contributed by atoms with E-state index in [1.54, 1.807) is 0 Å². The first kappa shape index (κ1) is 15.9. The Kier molecular flexibility index (Phi) is 3.21. The van der Waals surface area contributed by atoms with Crippen molar-refractivity contribution < 1.29 is 14.3 Å². The molecule has 2 aliphatic heterocycles. The second-order valence-electron chi connectivity index (χ2n) is 10.2. The van der Waals surface area contributed by atoms with Crippen LogP contribution in [0.4, 0.5) is 0 Å². The molecule has 2 saturated heterocycles. The average molecular weight is 358 g/mol. The lowest BCUT2D eigenvalue weighted by atomic mass is 9.69. The summed E-state index contributed by atoms with van der Waals surface area (Å²) in [5.41, 5.74) is -0.0794. The Bertz CT molecular complexity index is 646. The van der Waals surface area contributed by atoms with Crippen LogP contribution in [-0.4, -0.2) is 48.6 Å². The van der Waals surface area contributed by atoms with Crippen molar-refractivity contribution in [3.8, 4) is 0 Å². The Morgan fingerprint density at radius 3 is 2.65 bits per heavy atom. The Morgan fingerprint density at radius 2 is 2.04 bits per heavy atom. The number of ether oxygens (including phenoxy) is 1. The van der Waals surface area contributed by atoms with Crippen molar-refractivity contribution in [3.05, 3.63) is 0 Å². The van der Waals surface area contributed by atoms with Crippen molar-refractivity contribution in [2.75, 3.05) is 26.3 Å². The highest BCUT2D eigenvalue weighted by molar-refractivity contribution is 5.89. The molecule has 7 fully saturated rings. The number of rotatable bonds is 4. The zero-order chi connectivity index (χ0) is 17.5. The second-order valence-corrected chi connectivity index (χ2v) is 10.2. The van der Waals surface area contributed by atoms with Crippen molar-refractivity contribution in [1.29, 1.82) is 0 Å². The van der Waals surface area contributed by atoms with Crippen LogP contribution in [0.3, 0.4) is 0 Å². The predicted octanol–water partition coefficient (Wildman–Crippen LogP) is 1.96. The third-order valence-electron chi connectivity index (χ3n) is 8.94. The van der Waals surface area contributed by atoms with E-state index in [-0.39, 0.29) is 16.9 Å². The molecule has 26 heavy (non-hydrogen) atoms. The van der Waals surface area contributed by atoms with E-state index in [9.17, 15) is 9.59 Å². The fraction of sp³-hybridized carbons (Fsp3) is 0.905. The lowest BCUT2D eigenvalue weighted by Gasteiger charge is -2.44. The van der Waals surface area contributed by atoms with Gasteiger partial charge < -0.3 is 15.0 Å². The van der Waals surface area contributed by atoms with Gasteiger partial charge in [-0.05, 0) is 68.6 Å². The van der Waals surface area contributed by atoms with Crippen LogP contribution >= 0.6 is 0 Å². The molecular formula is C21H30N2O3. The first-order valence-corrected chi connectivity index (χ1v) is 10.8. The van der Waals surface area contributed by atoms with E-state index < -0.39 is 0 Å². The SMILES string of the molecule is O=C(CC1CCCOC1)N[C@]12CC[C@H]1CN(C(=O)C13CC4CC1C3C4)C2. The first-order chi connectivity index (χ1) is 12.6. The van der Waals surface area contributed by atoms with Crippen LogP contribution in [0.25, 0.3) is 0 Å². The highest BCUT2D eigenvalue weighted by Gasteiger charge is 2.79. The molecule has 0 spiro atoms. The minimum Gasteiger partial charge on any atom is -0.381 e. The summed E-state index contributed by atoms with van der Waals surface area (Å²) in [6.07, 6.45) is 8.70. The summed E-state index contributed by atoms with van der Waals surface area (Å²) >= 11 is 0. The van der Waals surface area contributed by atoms with Crippen molar-refractivity contribution in [2.45, 2.75) is 56.9 Å². The summed E-state index contributed by atoms with van der Waals surface area (Å²) in [4.78, 5) is 28.1. The van der Waals surface area contributed by atoms with Crippen LogP contribution in [0.5, 0.6) is 0 Å². The van der Waals surface area contributed by atoms with E-state index in [2.05, 4.69) is 10.2 Å². The van der Waals surface area contributed by atoms with Gasteiger partial charge in [0.25, 0.3) is 0 Å². The van der Waals surface area contributed by atoms with E-state index in [0.29, 0.717) is 36.0 Å². The summed E-state index contributed by atoms with van der Waals surface area (Å²) in [5, 5.41) is 3.37. The lowest BCUT2D eigenvalue weighted by Crippen LogP contribution is -2.60. The maximum atomic E-state index is 13.3. The second kappa shape index (κ2) is 5.24. The molecule has 7 rings (SSSR count). The zero-order valence-electron chi connectivity index (χ0n) is 15.5. The molecule has 5 atom stereocenters. The minimum absolute atomic E-state index is 0.0408. The van der Waals surface area contributed by atoms with Crippen molar-refractivity contribution >= 4 is 11.8 Å². The number of hydrogen-bond acceptors (Lipinski definition) is 3. The smallest absolute Gasteiger partial charge is 0.229 e. The Labute approximate surface area is 155 Å². The van der Waals surface area contributed by atoms with Gasteiger partial charge in [0.05, 0.1) is 11.0 Å². The summed E-state index contributed by atoms with van der Waals surface area (Å²) in [6, 6.07) is 0. The van der Waals surface area contributed by atoms with E-state index >= 15 is 0 Å². The number of carbonyl (C=O) groups excluding carboxylic acids is 2. The Morgan fingerprint density at radius 1 is 1.19 bits per heavy atom. The molecule has 2 amide bonds. The van der Waals surface area contributed by atoms with Crippen LogP contribution in [0.1, 0.15) is 51.4 Å². The highest BCUT2D eigenvalue weighted by Crippen LogP contribution is 2.79. The molecule has 0 aromatic carbocycles. The van der Waals surface area contributed by atoms with Crippen LogP contribution < -0.4 is 5.32 Å². The number of nitrogens with one attached hydrogen (secondary N) is 1.